The molecule has 11 heteroatoms. The second-order valence-corrected chi connectivity index (χ2v) is 9.88. The number of rotatable bonds is 4. The highest BCUT2D eigenvalue weighted by Gasteiger charge is 2.65. The first kappa shape index (κ1) is 21.3. The van der Waals surface area contributed by atoms with E-state index < -0.39 is 21.0 Å². The number of aromatic nitrogens is 3. The molecule has 0 N–H and O–H groups in total. The lowest BCUT2D eigenvalue weighted by Crippen LogP contribution is -2.42. The predicted molar refractivity (Wildman–Crippen MR) is 109 cm³/mol. The van der Waals surface area contributed by atoms with Crippen molar-refractivity contribution >= 4 is 21.8 Å². The van der Waals surface area contributed by atoms with E-state index in [9.17, 15) is 24.2 Å². The van der Waals surface area contributed by atoms with Crippen LogP contribution in [-0.2, 0) is 6.42 Å². The normalized spacial score (nSPS) is 19.0. The number of carbonyl (C=O) groups excluding carboxylic acids is 1. The number of aryl methyl sites for hydroxylation is 1. The minimum absolute atomic E-state index is 0.102. The molecule has 2 aromatic heterocycles. The van der Waals surface area contributed by atoms with Gasteiger partial charge in [0.25, 0.3) is 5.91 Å². The fourth-order valence-corrected chi connectivity index (χ4v) is 4.27. The lowest BCUT2D eigenvalue weighted by Gasteiger charge is -2.40. The van der Waals surface area contributed by atoms with Crippen LogP contribution in [0.4, 0.5) is 25.1 Å². The topological polar surface area (TPSA) is 51.0 Å². The minimum atomic E-state index is -9.78. The highest BCUT2D eigenvalue weighted by atomic mass is 32.5. The van der Waals surface area contributed by atoms with Crippen molar-refractivity contribution < 1.29 is 24.2 Å². The van der Waals surface area contributed by atoms with E-state index in [-0.39, 0.29) is 24.0 Å². The average molecular weight is 458 g/mol. The Morgan fingerprint density at radius 1 is 1.10 bits per heavy atom. The summed E-state index contributed by atoms with van der Waals surface area (Å²) in [6.07, 6.45) is 3.90. The van der Waals surface area contributed by atoms with Gasteiger partial charge in [-0.05, 0) is 55.3 Å². The zero-order valence-corrected chi connectivity index (χ0v) is 17.4. The number of carbonyl (C=O) groups is 1. The quantitative estimate of drug-likeness (QED) is 0.426. The van der Waals surface area contributed by atoms with Crippen LogP contribution in [0.5, 0.6) is 0 Å². The molecular formula is C20H19F5N4OS. The minimum Gasteiger partial charge on any atom is -0.305 e. The van der Waals surface area contributed by atoms with Crippen molar-refractivity contribution in [3.63, 3.8) is 0 Å². The van der Waals surface area contributed by atoms with Crippen LogP contribution >= 0.6 is 10.2 Å². The summed E-state index contributed by atoms with van der Waals surface area (Å²) in [5.74, 6) is -0.472. The first-order valence-corrected chi connectivity index (χ1v) is 11.4. The molecule has 0 aliphatic carbocycles. The third kappa shape index (κ3) is 3.89. The summed E-state index contributed by atoms with van der Waals surface area (Å²) in [6.45, 7) is 3.90. The molecular weight excluding hydrogens is 439 g/mol. The highest BCUT2D eigenvalue weighted by molar-refractivity contribution is 8.45. The molecule has 1 aliphatic heterocycles. The van der Waals surface area contributed by atoms with Gasteiger partial charge in [-0.1, -0.05) is 26.4 Å². The van der Waals surface area contributed by atoms with Crippen LogP contribution in [-0.4, -0.2) is 27.2 Å². The third-order valence-corrected chi connectivity index (χ3v) is 6.35. The molecule has 3 aromatic rings. The molecule has 5 nitrogen and oxygen atoms in total. The molecule has 0 radical (unpaired) electrons. The van der Waals surface area contributed by atoms with E-state index in [1.54, 1.807) is 23.1 Å². The van der Waals surface area contributed by atoms with Crippen molar-refractivity contribution in [2.45, 2.75) is 31.2 Å². The van der Waals surface area contributed by atoms with E-state index in [2.05, 4.69) is 10.1 Å². The van der Waals surface area contributed by atoms with E-state index >= 15 is 0 Å². The SMILES string of the molecule is CCc1cc(-c2cnn3c2C(=O)N(c2ccc(S(F)(F)(F)(F)F)cc2)C[C@@H]3C)ccn1. The maximum absolute atomic E-state index is 13.3. The summed E-state index contributed by atoms with van der Waals surface area (Å²) in [5.41, 5.74) is 2.53. The van der Waals surface area contributed by atoms with Gasteiger partial charge in [-0.2, -0.15) is 5.10 Å². The van der Waals surface area contributed by atoms with Crippen molar-refractivity contribution in [3.8, 4) is 11.1 Å². The van der Waals surface area contributed by atoms with Crippen LogP contribution in [0.15, 0.2) is 53.7 Å². The van der Waals surface area contributed by atoms with Gasteiger partial charge in [0.2, 0.25) is 0 Å². The molecule has 0 unspecified atom stereocenters. The third-order valence-electron chi connectivity index (χ3n) is 5.19. The van der Waals surface area contributed by atoms with Gasteiger partial charge in [-0.25, -0.2) is 0 Å². The molecule has 1 aromatic carbocycles. The second-order valence-electron chi connectivity index (χ2n) is 7.47. The lowest BCUT2D eigenvalue weighted by molar-refractivity contribution is 0.0954. The van der Waals surface area contributed by atoms with Crippen LogP contribution in [0.25, 0.3) is 11.1 Å². The molecule has 1 aliphatic rings. The van der Waals surface area contributed by atoms with Gasteiger partial charge < -0.3 is 4.90 Å². The molecule has 0 saturated heterocycles. The number of halogens is 5. The number of hydrogen-bond acceptors (Lipinski definition) is 3. The summed E-state index contributed by atoms with van der Waals surface area (Å²) < 4.78 is 66.7. The largest absolute Gasteiger partial charge is 0.310 e. The van der Waals surface area contributed by atoms with Gasteiger partial charge in [0.15, 0.2) is 0 Å². The van der Waals surface area contributed by atoms with Crippen molar-refractivity contribution in [2.24, 2.45) is 0 Å². The Labute approximate surface area is 175 Å². The summed E-state index contributed by atoms with van der Waals surface area (Å²) >= 11 is 0. The van der Waals surface area contributed by atoms with Crippen molar-refractivity contribution in [2.75, 3.05) is 11.4 Å². The monoisotopic (exact) mass is 458 g/mol. The summed E-state index contributed by atoms with van der Waals surface area (Å²) in [7, 11) is -9.78. The molecule has 0 spiro atoms. The first-order chi connectivity index (χ1) is 14.3. The number of fused-ring (bicyclic) bond motifs is 1. The van der Waals surface area contributed by atoms with Gasteiger partial charge in [0.1, 0.15) is 10.6 Å². The van der Waals surface area contributed by atoms with Gasteiger partial charge >= 0.3 is 10.2 Å². The van der Waals surface area contributed by atoms with Gasteiger partial charge in [-0.3, -0.25) is 14.5 Å². The Morgan fingerprint density at radius 3 is 2.39 bits per heavy atom. The standard InChI is InChI=1S/C20H19F5N4OS/c1-3-15-10-14(8-9-26-15)18-11-27-29-13(2)12-28(20(30)19(18)29)16-4-6-17(7-5-16)31(21,22,23,24)25/h4-11,13H,3,12H2,1-2H3/t13-/m0/s1. The summed E-state index contributed by atoms with van der Waals surface area (Å²) in [4.78, 5) is 16.8. The molecule has 1 atom stereocenters. The van der Waals surface area contributed by atoms with Gasteiger partial charge in [-0.15, -0.1) is 0 Å². The molecule has 0 saturated carbocycles. The number of benzene rings is 1. The number of pyridine rings is 1. The summed E-state index contributed by atoms with van der Waals surface area (Å²) in [6, 6.07) is 5.74. The number of hydrogen-bond donors (Lipinski definition) is 0. The second kappa shape index (κ2) is 6.28. The van der Waals surface area contributed by atoms with E-state index in [0.717, 1.165) is 23.4 Å². The Kier molecular flexibility index (Phi) is 4.31. The number of amides is 1. The van der Waals surface area contributed by atoms with Crippen LogP contribution in [0.3, 0.4) is 0 Å². The predicted octanol–water partition coefficient (Wildman–Crippen LogP) is 6.39. The van der Waals surface area contributed by atoms with E-state index in [1.807, 2.05) is 19.9 Å². The maximum atomic E-state index is 13.3. The van der Waals surface area contributed by atoms with Crippen LogP contribution in [0, 0.1) is 0 Å². The average Bonchev–Trinajstić information content (AvgIpc) is 3.15. The Balaban J connectivity index is 1.75. The maximum Gasteiger partial charge on any atom is 0.310 e. The zero-order chi connectivity index (χ0) is 22.7. The van der Waals surface area contributed by atoms with Crippen LogP contribution < -0.4 is 4.90 Å². The number of anilines is 1. The van der Waals surface area contributed by atoms with E-state index in [4.69, 9.17) is 0 Å². The van der Waals surface area contributed by atoms with Crippen LogP contribution in [0.1, 0.15) is 36.1 Å². The highest BCUT2D eigenvalue weighted by Crippen LogP contribution is 3.02. The van der Waals surface area contributed by atoms with Crippen molar-refractivity contribution in [3.05, 3.63) is 60.2 Å². The van der Waals surface area contributed by atoms with Gasteiger partial charge in [0, 0.05) is 29.7 Å². The van der Waals surface area contributed by atoms with Crippen molar-refractivity contribution in [1.82, 2.24) is 14.8 Å². The molecule has 0 fully saturated rings. The zero-order valence-electron chi connectivity index (χ0n) is 16.6. The summed E-state index contributed by atoms with van der Waals surface area (Å²) in [5, 5.41) is 4.32. The molecule has 3 heterocycles. The fourth-order valence-electron chi connectivity index (χ4n) is 3.62. The smallest absolute Gasteiger partial charge is 0.305 e. The Bertz CT molecular complexity index is 1180. The molecule has 1 amide bonds. The van der Waals surface area contributed by atoms with E-state index in [1.165, 1.54) is 4.90 Å². The van der Waals surface area contributed by atoms with Gasteiger partial charge in [0.05, 0.1) is 12.2 Å². The molecule has 0 bridgehead atoms. The first-order valence-electron chi connectivity index (χ1n) is 9.47. The fraction of sp³-hybridized carbons (Fsp3) is 0.250. The molecule has 166 valence electrons. The van der Waals surface area contributed by atoms with Crippen molar-refractivity contribution in [1.29, 1.82) is 0 Å². The Morgan fingerprint density at radius 2 is 1.77 bits per heavy atom. The number of nitrogens with zero attached hydrogens (tertiary/aromatic N) is 4. The molecule has 4 rings (SSSR count). The van der Waals surface area contributed by atoms with Crippen LogP contribution in [0.2, 0.25) is 0 Å². The van der Waals surface area contributed by atoms with E-state index in [0.29, 0.717) is 24.1 Å². The molecule has 31 heavy (non-hydrogen) atoms. The Hall–Kier alpha value is -2.95. The lowest BCUT2D eigenvalue weighted by atomic mass is 10.0.